The van der Waals surface area contributed by atoms with Crippen LogP contribution in [0.1, 0.15) is 36.5 Å². The van der Waals surface area contributed by atoms with Crippen LogP contribution in [0.2, 0.25) is 0 Å². The van der Waals surface area contributed by atoms with E-state index in [2.05, 4.69) is 17.2 Å². The monoisotopic (exact) mass is 319 g/mol. The maximum Gasteiger partial charge on any atom is 0.409 e. The summed E-state index contributed by atoms with van der Waals surface area (Å²) in [6.07, 6.45) is 6.23. The summed E-state index contributed by atoms with van der Waals surface area (Å²) in [6, 6.07) is 1.76. The van der Waals surface area contributed by atoms with Crippen LogP contribution in [0.3, 0.4) is 0 Å². The molecule has 2 amide bonds. The third-order valence-corrected chi connectivity index (χ3v) is 4.98. The second-order valence-corrected chi connectivity index (χ2v) is 6.79. The number of ether oxygens (including phenoxy) is 1. The highest BCUT2D eigenvalue weighted by molar-refractivity contribution is 5.93. The second-order valence-electron chi connectivity index (χ2n) is 6.79. The average molecular weight is 319 g/mol. The number of carbonyl (C=O) groups is 2. The predicted octanol–water partition coefficient (Wildman–Crippen LogP) is 2.25. The summed E-state index contributed by atoms with van der Waals surface area (Å²) in [5, 5.41) is 2.96. The standard InChI is InChI=1S/C17H25N3O3/c1-12-8-15(12)11-23-17(22)20-6-3-13(4-7-20)9-19-16(21)14-2-5-18-10-14/h2,5,10,12-13,15,18H,3-4,6-9,11H2,1H3,(H,19,21). The van der Waals surface area contributed by atoms with Gasteiger partial charge in [-0.1, -0.05) is 6.92 Å². The molecule has 0 aromatic carbocycles. The van der Waals surface area contributed by atoms with Gasteiger partial charge in [0, 0.05) is 32.0 Å². The number of rotatable bonds is 5. The van der Waals surface area contributed by atoms with E-state index in [1.807, 2.05) is 0 Å². The molecule has 126 valence electrons. The van der Waals surface area contributed by atoms with Gasteiger partial charge in [-0.3, -0.25) is 4.79 Å². The lowest BCUT2D eigenvalue weighted by Crippen LogP contribution is -2.42. The molecule has 0 bridgehead atoms. The number of aromatic amines is 1. The number of nitrogens with one attached hydrogen (secondary N) is 2. The molecule has 1 aromatic rings. The Morgan fingerprint density at radius 2 is 2.13 bits per heavy atom. The number of hydrogen-bond donors (Lipinski definition) is 2. The van der Waals surface area contributed by atoms with Crippen molar-refractivity contribution in [3.8, 4) is 0 Å². The Hall–Kier alpha value is -1.98. The first-order valence-electron chi connectivity index (χ1n) is 8.46. The number of piperidine rings is 1. The van der Waals surface area contributed by atoms with Crippen LogP contribution < -0.4 is 5.32 Å². The molecule has 2 heterocycles. The molecule has 2 N–H and O–H groups in total. The molecule has 3 rings (SSSR count). The van der Waals surface area contributed by atoms with E-state index >= 15 is 0 Å². The second kappa shape index (κ2) is 7.06. The molecular weight excluding hydrogens is 294 g/mol. The van der Waals surface area contributed by atoms with Crippen LogP contribution in [0.4, 0.5) is 4.79 Å². The minimum Gasteiger partial charge on any atom is -0.449 e. The lowest BCUT2D eigenvalue weighted by Gasteiger charge is -2.31. The lowest BCUT2D eigenvalue weighted by atomic mass is 9.97. The average Bonchev–Trinajstić information content (AvgIpc) is 3.04. The van der Waals surface area contributed by atoms with Crippen LogP contribution in [0.15, 0.2) is 18.5 Å². The van der Waals surface area contributed by atoms with E-state index in [0.29, 0.717) is 49.6 Å². The third kappa shape index (κ3) is 4.27. The van der Waals surface area contributed by atoms with Crippen LogP contribution in [0, 0.1) is 17.8 Å². The van der Waals surface area contributed by atoms with Crippen molar-refractivity contribution >= 4 is 12.0 Å². The van der Waals surface area contributed by atoms with Crippen molar-refractivity contribution in [3.05, 3.63) is 24.0 Å². The summed E-state index contributed by atoms with van der Waals surface area (Å²) in [5.41, 5.74) is 0.653. The molecule has 6 nitrogen and oxygen atoms in total. The summed E-state index contributed by atoms with van der Waals surface area (Å²) < 4.78 is 5.37. The summed E-state index contributed by atoms with van der Waals surface area (Å²) >= 11 is 0. The molecule has 6 heteroatoms. The quantitative estimate of drug-likeness (QED) is 0.874. The third-order valence-electron chi connectivity index (χ3n) is 4.98. The molecule has 1 aliphatic carbocycles. The van der Waals surface area contributed by atoms with Gasteiger partial charge < -0.3 is 19.9 Å². The molecule has 23 heavy (non-hydrogen) atoms. The summed E-state index contributed by atoms with van der Waals surface area (Å²) in [4.78, 5) is 28.5. The van der Waals surface area contributed by atoms with Crippen molar-refractivity contribution in [2.45, 2.75) is 26.2 Å². The Balaban J connectivity index is 1.33. The molecule has 2 atom stereocenters. The van der Waals surface area contributed by atoms with Gasteiger partial charge in [0.2, 0.25) is 0 Å². The van der Waals surface area contributed by atoms with E-state index in [-0.39, 0.29) is 12.0 Å². The van der Waals surface area contributed by atoms with Crippen LogP contribution in [0.5, 0.6) is 0 Å². The molecule has 2 unspecified atom stereocenters. The fraction of sp³-hybridized carbons (Fsp3) is 0.647. The van der Waals surface area contributed by atoms with E-state index < -0.39 is 0 Å². The van der Waals surface area contributed by atoms with Crippen molar-refractivity contribution < 1.29 is 14.3 Å². The fourth-order valence-corrected chi connectivity index (χ4v) is 3.02. The zero-order valence-electron chi connectivity index (χ0n) is 13.6. The molecule has 0 radical (unpaired) electrons. The number of H-pyrrole nitrogens is 1. The molecular formula is C17H25N3O3. The highest BCUT2D eigenvalue weighted by atomic mass is 16.6. The van der Waals surface area contributed by atoms with Gasteiger partial charge in [0.1, 0.15) is 0 Å². The van der Waals surface area contributed by atoms with Crippen LogP contribution in [-0.4, -0.2) is 48.1 Å². The number of nitrogens with zero attached hydrogens (tertiary/aromatic N) is 1. The van der Waals surface area contributed by atoms with Crippen molar-refractivity contribution in [1.82, 2.24) is 15.2 Å². The number of hydrogen-bond acceptors (Lipinski definition) is 3. The van der Waals surface area contributed by atoms with Gasteiger partial charge in [-0.2, -0.15) is 0 Å². The molecule has 1 aliphatic heterocycles. The van der Waals surface area contributed by atoms with Crippen molar-refractivity contribution in [2.75, 3.05) is 26.2 Å². The van der Waals surface area contributed by atoms with Gasteiger partial charge in [0.25, 0.3) is 5.91 Å². The van der Waals surface area contributed by atoms with Crippen molar-refractivity contribution in [3.63, 3.8) is 0 Å². The molecule has 1 saturated carbocycles. The van der Waals surface area contributed by atoms with Crippen LogP contribution in [0.25, 0.3) is 0 Å². The Kier molecular flexibility index (Phi) is 4.88. The van der Waals surface area contributed by atoms with Crippen LogP contribution >= 0.6 is 0 Å². The Morgan fingerprint density at radius 1 is 1.39 bits per heavy atom. The largest absolute Gasteiger partial charge is 0.449 e. The number of aromatic nitrogens is 1. The molecule has 1 aromatic heterocycles. The Labute approximate surface area is 136 Å². The SMILES string of the molecule is CC1CC1COC(=O)N1CCC(CNC(=O)c2cc[nH]c2)CC1. The minimum absolute atomic E-state index is 0.0494. The van der Waals surface area contributed by atoms with E-state index in [1.165, 1.54) is 6.42 Å². The maximum atomic E-state index is 12.0. The summed E-state index contributed by atoms with van der Waals surface area (Å²) in [6.45, 7) is 4.83. The summed E-state index contributed by atoms with van der Waals surface area (Å²) in [5.74, 6) is 1.65. The van der Waals surface area contributed by atoms with Gasteiger partial charge in [-0.05, 0) is 43.1 Å². The smallest absolute Gasteiger partial charge is 0.409 e. The van der Waals surface area contributed by atoms with Crippen LogP contribution in [-0.2, 0) is 4.74 Å². The highest BCUT2D eigenvalue weighted by Gasteiger charge is 2.34. The topological polar surface area (TPSA) is 74.4 Å². The van der Waals surface area contributed by atoms with Gasteiger partial charge >= 0.3 is 6.09 Å². The molecule has 1 saturated heterocycles. The van der Waals surface area contributed by atoms with Crippen molar-refractivity contribution in [2.24, 2.45) is 17.8 Å². The van der Waals surface area contributed by atoms with E-state index in [1.54, 1.807) is 23.4 Å². The normalized spacial score (nSPS) is 24.3. The molecule has 2 aliphatic rings. The summed E-state index contributed by atoms with van der Waals surface area (Å²) in [7, 11) is 0. The van der Waals surface area contributed by atoms with Crippen molar-refractivity contribution in [1.29, 1.82) is 0 Å². The zero-order valence-corrected chi connectivity index (χ0v) is 13.6. The Morgan fingerprint density at radius 3 is 2.74 bits per heavy atom. The lowest BCUT2D eigenvalue weighted by molar-refractivity contribution is 0.0808. The Bertz CT molecular complexity index is 535. The fourth-order valence-electron chi connectivity index (χ4n) is 3.02. The van der Waals surface area contributed by atoms with Gasteiger partial charge in [-0.15, -0.1) is 0 Å². The first-order chi connectivity index (χ1) is 11.1. The first kappa shape index (κ1) is 15.9. The maximum absolute atomic E-state index is 12.0. The zero-order chi connectivity index (χ0) is 16.2. The predicted molar refractivity (Wildman–Crippen MR) is 86.0 cm³/mol. The van der Waals surface area contributed by atoms with Gasteiger partial charge in [0.15, 0.2) is 0 Å². The number of likely N-dealkylation sites (tertiary alicyclic amines) is 1. The van der Waals surface area contributed by atoms with E-state index in [9.17, 15) is 9.59 Å². The van der Waals surface area contributed by atoms with E-state index in [4.69, 9.17) is 4.74 Å². The van der Waals surface area contributed by atoms with Gasteiger partial charge in [-0.25, -0.2) is 4.79 Å². The molecule has 0 spiro atoms. The van der Waals surface area contributed by atoms with E-state index in [0.717, 1.165) is 12.8 Å². The van der Waals surface area contributed by atoms with Gasteiger partial charge in [0.05, 0.1) is 12.2 Å². The highest BCUT2D eigenvalue weighted by Crippen LogP contribution is 2.37. The first-order valence-corrected chi connectivity index (χ1v) is 8.46. The molecule has 2 fully saturated rings. The minimum atomic E-state index is -0.182. The number of carbonyl (C=O) groups excluding carboxylic acids is 2. The number of amides is 2.